The molecule has 5 nitrogen and oxygen atoms in total. The minimum absolute atomic E-state index is 0.0299. The summed E-state index contributed by atoms with van der Waals surface area (Å²) in [6.07, 6.45) is 1.17. The minimum Gasteiger partial charge on any atom is -0.411 e. The fraction of sp³-hybridized carbons (Fsp3) is 0.364. The van der Waals surface area contributed by atoms with Crippen LogP contribution in [0.2, 0.25) is 0 Å². The van der Waals surface area contributed by atoms with E-state index in [1.165, 1.54) is 24.0 Å². The van der Waals surface area contributed by atoms with Gasteiger partial charge in [0.1, 0.15) is 0 Å². The lowest BCUT2D eigenvalue weighted by Gasteiger charge is -2.17. The average molecular weight is 254 g/mol. The van der Waals surface area contributed by atoms with E-state index >= 15 is 0 Å². The molecule has 0 atom stereocenters. The summed E-state index contributed by atoms with van der Waals surface area (Å²) >= 11 is 1.43. The maximum atomic E-state index is 10.9. The fourth-order valence-electron chi connectivity index (χ4n) is 1.24. The maximum absolute atomic E-state index is 10.9. The Labute approximate surface area is 104 Å². The predicted molar refractivity (Wildman–Crippen MR) is 68.1 cm³/mol. The van der Waals surface area contributed by atoms with Crippen LogP contribution in [0.5, 0.6) is 0 Å². The van der Waals surface area contributed by atoms with Crippen LogP contribution in [0.4, 0.5) is 5.69 Å². The lowest BCUT2D eigenvalue weighted by molar-refractivity contribution is -0.387. The van der Waals surface area contributed by atoms with Gasteiger partial charge in [-0.1, -0.05) is 32.0 Å². The second-order valence-electron chi connectivity index (χ2n) is 4.44. The highest BCUT2D eigenvalue weighted by molar-refractivity contribution is 8.00. The van der Waals surface area contributed by atoms with Gasteiger partial charge in [-0.15, -0.1) is 11.8 Å². The molecule has 0 saturated heterocycles. The van der Waals surface area contributed by atoms with Crippen LogP contribution in [-0.2, 0) is 0 Å². The summed E-state index contributed by atoms with van der Waals surface area (Å²) in [4.78, 5) is 11.1. The zero-order valence-electron chi connectivity index (χ0n) is 9.88. The molecule has 0 radical (unpaired) electrons. The molecule has 0 aliphatic rings. The summed E-state index contributed by atoms with van der Waals surface area (Å²) in [5.41, 5.74) is 0.528. The molecule has 0 aromatic heterocycles. The van der Waals surface area contributed by atoms with Gasteiger partial charge in [-0.25, -0.2) is 0 Å². The zero-order valence-corrected chi connectivity index (χ0v) is 10.7. The van der Waals surface area contributed by atoms with Crippen LogP contribution in [0.1, 0.15) is 26.3 Å². The lowest BCUT2D eigenvalue weighted by atomic mass is 10.2. The van der Waals surface area contributed by atoms with Crippen molar-refractivity contribution in [1.29, 1.82) is 0 Å². The summed E-state index contributed by atoms with van der Waals surface area (Å²) in [6, 6.07) is 4.75. The first-order valence-electron chi connectivity index (χ1n) is 4.98. The van der Waals surface area contributed by atoms with Gasteiger partial charge in [-0.05, 0) is 6.07 Å². The molecule has 0 heterocycles. The second-order valence-corrected chi connectivity index (χ2v) is 6.31. The summed E-state index contributed by atoms with van der Waals surface area (Å²) < 4.78 is -0.0999. The van der Waals surface area contributed by atoms with Crippen LogP contribution in [0, 0.1) is 10.1 Å². The quantitative estimate of drug-likeness (QED) is 0.295. The molecule has 0 spiro atoms. The Hall–Kier alpha value is -1.56. The molecule has 1 aromatic rings. The van der Waals surface area contributed by atoms with Gasteiger partial charge in [-0.3, -0.25) is 10.1 Å². The zero-order chi connectivity index (χ0) is 13.1. The van der Waals surface area contributed by atoms with Crippen molar-refractivity contribution >= 4 is 23.7 Å². The number of rotatable bonds is 3. The monoisotopic (exact) mass is 254 g/mol. The Bertz CT molecular complexity index is 453. The van der Waals surface area contributed by atoms with Crippen molar-refractivity contribution in [3.05, 3.63) is 33.9 Å². The van der Waals surface area contributed by atoms with Crippen LogP contribution in [-0.4, -0.2) is 21.1 Å². The highest BCUT2D eigenvalue weighted by Crippen LogP contribution is 2.37. The molecule has 6 heteroatoms. The van der Waals surface area contributed by atoms with Crippen molar-refractivity contribution in [2.45, 2.75) is 30.4 Å². The van der Waals surface area contributed by atoms with Gasteiger partial charge < -0.3 is 5.21 Å². The summed E-state index contributed by atoms with van der Waals surface area (Å²) in [5.74, 6) is 0. The number of nitro groups is 1. The molecule has 1 rings (SSSR count). The summed E-state index contributed by atoms with van der Waals surface area (Å²) in [7, 11) is 0. The van der Waals surface area contributed by atoms with Crippen molar-refractivity contribution in [3.63, 3.8) is 0 Å². The lowest BCUT2D eigenvalue weighted by Crippen LogP contribution is -2.07. The van der Waals surface area contributed by atoms with Crippen LogP contribution in [0.3, 0.4) is 0 Å². The average Bonchev–Trinajstić information content (AvgIpc) is 2.18. The third-order valence-electron chi connectivity index (χ3n) is 1.80. The van der Waals surface area contributed by atoms with Gasteiger partial charge in [0.2, 0.25) is 0 Å². The molecule has 0 unspecified atom stereocenters. The molecular formula is C11H14N2O3S. The summed E-state index contributed by atoms with van der Waals surface area (Å²) in [5, 5.41) is 22.2. The molecule has 0 aliphatic heterocycles. The molecule has 1 N–H and O–H groups in total. The maximum Gasteiger partial charge on any atom is 0.283 e. The van der Waals surface area contributed by atoms with E-state index in [1.807, 2.05) is 20.8 Å². The molecule has 0 fully saturated rings. The Balaban J connectivity index is 3.18. The Morgan fingerprint density at radius 2 is 2.12 bits per heavy atom. The molecule has 17 heavy (non-hydrogen) atoms. The van der Waals surface area contributed by atoms with E-state index in [0.717, 1.165) is 0 Å². The topological polar surface area (TPSA) is 75.7 Å². The predicted octanol–water partition coefficient (Wildman–Crippen LogP) is 3.29. The Kier molecular flexibility index (Phi) is 4.11. The molecule has 92 valence electrons. The standard InChI is InChI=1S/C11H14N2O3S/c1-11(2,3)17-10-5-4-8(7-12-14)6-9(10)13(15)16/h4-7,14H,1-3H3. The van der Waals surface area contributed by atoms with Gasteiger partial charge in [-0.2, -0.15) is 0 Å². The van der Waals surface area contributed by atoms with E-state index in [9.17, 15) is 10.1 Å². The van der Waals surface area contributed by atoms with Crippen LogP contribution < -0.4 is 0 Å². The highest BCUT2D eigenvalue weighted by Gasteiger charge is 2.20. The second kappa shape index (κ2) is 5.18. The Morgan fingerprint density at radius 1 is 1.47 bits per heavy atom. The third kappa shape index (κ3) is 4.07. The van der Waals surface area contributed by atoms with Crippen molar-refractivity contribution in [2.24, 2.45) is 5.16 Å². The van der Waals surface area contributed by atoms with Crippen LogP contribution in [0.15, 0.2) is 28.3 Å². The van der Waals surface area contributed by atoms with Gasteiger partial charge >= 0.3 is 0 Å². The van der Waals surface area contributed by atoms with E-state index < -0.39 is 4.92 Å². The molecule has 1 aromatic carbocycles. The van der Waals surface area contributed by atoms with Crippen LogP contribution in [0.25, 0.3) is 0 Å². The number of nitrogens with zero attached hydrogens (tertiary/aromatic N) is 2. The van der Waals surface area contributed by atoms with E-state index in [1.54, 1.807) is 12.1 Å². The SMILES string of the molecule is CC(C)(C)Sc1ccc(C=NO)cc1[N+](=O)[O-]. The molecule has 0 aliphatic carbocycles. The van der Waals surface area contributed by atoms with E-state index in [2.05, 4.69) is 5.16 Å². The molecular weight excluding hydrogens is 240 g/mol. The van der Waals surface area contributed by atoms with Crippen LogP contribution >= 0.6 is 11.8 Å². The van der Waals surface area contributed by atoms with Gasteiger partial charge in [0.25, 0.3) is 5.69 Å². The number of nitro benzene ring substituents is 1. The first-order valence-corrected chi connectivity index (χ1v) is 5.80. The third-order valence-corrected chi connectivity index (χ3v) is 2.98. The van der Waals surface area contributed by atoms with E-state index in [4.69, 9.17) is 5.21 Å². The van der Waals surface area contributed by atoms with Crippen molar-refractivity contribution in [3.8, 4) is 0 Å². The first kappa shape index (κ1) is 13.5. The van der Waals surface area contributed by atoms with Crippen molar-refractivity contribution in [1.82, 2.24) is 0 Å². The Morgan fingerprint density at radius 3 is 2.59 bits per heavy atom. The molecule has 0 saturated carbocycles. The molecule has 0 amide bonds. The van der Waals surface area contributed by atoms with Gasteiger partial charge in [0.05, 0.1) is 16.0 Å². The highest BCUT2D eigenvalue weighted by atomic mass is 32.2. The number of hydrogen-bond acceptors (Lipinski definition) is 5. The largest absolute Gasteiger partial charge is 0.411 e. The smallest absolute Gasteiger partial charge is 0.283 e. The summed E-state index contributed by atoms with van der Waals surface area (Å²) in [6.45, 7) is 5.97. The number of hydrogen-bond donors (Lipinski definition) is 1. The van der Waals surface area contributed by atoms with Crippen molar-refractivity contribution < 1.29 is 10.1 Å². The fourth-order valence-corrected chi connectivity index (χ4v) is 2.27. The van der Waals surface area contributed by atoms with Gasteiger partial charge in [0.15, 0.2) is 0 Å². The van der Waals surface area contributed by atoms with E-state index in [-0.39, 0.29) is 10.4 Å². The van der Waals surface area contributed by atoms with Crippen molar-refractivity contribution in [2.75, 3.05) is 0 Å². The van der Waals surface area contributed by atoms with E-state index in [0.29, 0.717) is 10.5 Å². The number of thioether (sulfide) groups is 1. The minimum atomic E-state index is -0.428. The number of benzene rings is 1. The number of oxime groups is 1. The first-order chi connectivity index (χ1) is 7.83. The normalized spacial score (nSPS) is 11.9. The molecule has 0 bridgehead atoms. The van der Waals surface area contributed by atoms with Gasteiger partial charge in [0, 0.05) is 16.4 Å².